The molecule has 5 nitrogen and oxygen atoms in total. The van der Waals surface area contributed by atoms with Gasteiger partial charge in [0.25, 0.3) is 0 Å². The highest BCUT2D eigenvalue weighted by atomic mass is 32.3. The van der Waals surface area contributed by atoms with Gasteiger partial charge in [-0.25, -0.2) is 0 Å². The number of ether oxygens (including phenoxy) is 1. The molecule has 0 fully saturated rings. The van der Waals surface area contributed by atoms with Gasteiger partial charge in [0.15, 0.2) is 6.08 Å². The molecule has 0 aliphatic heterocycles. The third-order valence-electron chi connectivity index (χ3n) is 1.39. The van der Waals surface area contributed by atoms with Gasteiger partial charge in [0.2, 0.25) is 0 Å². The molecule has 0 spiro atoms. The second kappa shape index (κ2) is 4.74. The van der Waals surface area contributed by atoms with Crippen LogP contribution < -0.4 is 5.11 Å². The van der Waals surface area contributed by atoms with E-state index in [1.165, 1.54) is 0 Å². The molecule has 1 aromatic carbocycles. The fraction of sp³-hybridized carbons (Fsp3) is 0.125. The first kappa shape index (κ1) is 11.4. The van der Waals surface area contributed by atoms with Crippen molar-refractivity contribution in [3.8, 4) is 0 Å². The minimum atomic E-state index is -5.18. The molecule has 0 N–H and O–H groups in total. The predicted molar refractivity (Wildman–Crippen MR) is 48.7 cm³/mol. The molecule has 7 heteroatoms. The van der Waals surface area contributed by atoms with Crippen LogP contribution in [0.25, 0.3) is 0 Å². The summed E-state index contributed by atoms with van der Waals surface area (Å²) in [6, 6.07) is 8.52. The van der Waals surface area contributed by atoms with Gasteiger partial charge < -0.3 is 9.84 Å². The van der Waals surface area contributed by atoms with E-state index in [1.807, 2.05) is 0 Å². The van der Waals surface area contributed by atoms with Gasteiger partial charge in [-0.1, -0.05) is 34.2 Å². The summed E-state index contributed by atoms with van der Waals surface area (Å²) in [6.07, 6.45) is -1.47. The highest BCUT2D eigenvalue weighted by Gasteiger charge is 2.01. The summed E-state index contributed by atoms with van der Waals surface area (Å²) in [5, 5.41) is 10.6. The van der Waals surface area contributed by atoms with Crippen molar-refractivity contribution in [1.29, 1.82) is 0 Å². The third-order valence-corrected chi connectivity index (χ3v) is 1.76. The Bertz CT molecular complexity index is 443. The highest BCUT2D eigenvalue weighted by Crippen LogP contribution is 2.01. The number of nitrogens with zero attached hydrogens (tertiary/aromatic N) is 1. The van der Waals surface area contributed by atoms with Crippen molar-refractivity contribution in [2.75, 3.05) is 0 Å². The first-order valence-corrected chi connectivity index (χ1v) is 5.20. The van der Waals surface area contributed by atoms with E-state index < -0.39 is 16.5 Å². The van der Waals surface area contributed by atoms with Gasteiger partial charge in [0.05, 0.1) is 0 Å². The molecule has 0 aliphatic carbocycles. The van der Waals surface area contributed by atoms with Crippen LogP contribution in [0, 0.1) is 0 Å². The Balaban J connectivity index is 2.56. The summed E-state index contributed by atoms with van der Waals surface area (Å²) in [7, 11) is -5.18. The topological polar surface area (TPSA) is 78.8 Å². The summed E-state index contributed by atoms with van der Waals surface area (Å²) in [4.78, 5) is 0. The Morgan fingerprint density at radius 1 is 1.40 bits per heavy atom. The molecule has 0 radical (unpaired) electrons. The molecule has 82 valence electrons. The number of hydrogen-bond donors (Lipinski definition) is 0. The minimum absolute atomic E-state index is 0.154. The zero-order chi connectivity index (χ0) is 11.3. The molecule has 0 unspecified atom stereocenters. The van der Waals surface area contributed by atoms with Gasteiger partial charge in [-0.2, -0.15) is 8.42 Å². The van der Waals surface area contributed by atoms with E-state index in [9.17, 15) is 17.4 Å². The first-order chi connectivity index (χ1) is 6.97. The van der Waals surface area contributed by atoms with Crippen LogP contribution in [0.5, 0.6) is 0 Å². The van der Waals surface area contributed by atoms with Crippen LogP contribution in [0.15, 0.2) is 34.7 Å². The quantitative estimate of drug-likeness (QED) is 0.421. The van der Waals surface area contributed by atoms with Crippen LogP contribution in [0.2, 0.25) is 0 Å². The predicted octanol–water partition coefficient (Wildman–Crippen LogP) is 0.134. The van der Waals surface area contributed by atoms with Gasteiger partial charge in [0.1, 0.15) is 0 Å². The summed E-state index contributed by atoms with van der Waals surface area (Å²) >= 11 is 0. The summed E-state index contributed by atoms with van der Waals surface area (Å²) < 4.78 is 38.3. The summed E-state index contributed by atoms with van der Waals surface area (Å²) in [6.45, 7) is -0.154. The monoisotopic (exact) mass is 232 g/mol. The van der Waals surface area contributed by atoms with E-state index in [0.717, 1.165) is 0 Å². The minimum Gasteiger partial charge on any atom is -0.595 e. The number of hydrogen-bond acceptors (Lipinski definition) is 4. The lowest BCUT2D eigenvalue weighted by atomic mass is 10.2. The van der Waals surface area contributed by atoms with E-state index in [4.69, 9.17) is 0 Å². The lowest BCUT2D eigenvalue weighted by Crippen LogP contribution is -2.22. The maximum absolute atomic E-state index is 11.9. The molecular weight excluding hydrogens is 225 g/mol. The van der Waals surface area contributed by atoms with Gasteiger partial charge in [0, 0.05) is 6.61 Å². The fourth-order valence-corrected chi connectivity index (χ4v) is 1.07. The number of halogens is 1. The standard InChI is InChI=1S/C8H8FNO4S/c9-15(12,13)10-8(11)14-6-7-4-2-1-3-5-7/h1-5H,6H2,(H,10,11)/p-1. The van der Waals surface area contributed by atoms with Crippen molar-refractivity contribution in [3.63, 3.8) is 0 Å². The fourth-order valence-electron chi connectivity index (χ4n) is 0.835. The van der Waals surface area contributed by atoms with Crippen LogP contribution in [0.1, 0.15) is 5.56 Å². The number of rotatable bonds is 3. The highest BCUT2D eigenvalue weighted by molar-refractivity contribution is 7.85. The van der Waals surface area contributed by atoms with Crippen LogP contribution >= 0.6 is 0 Å². The molecule has 0 saturated heterocycles. The van der Waals surface area contributed by atoms with Gasteiger partial charge >= 0.3 is 10.4 Å². The Hall–Kier alpha value is -1.63. The van der Waals surface area contributed by atoms with E-state index in [0.29, 0.717) is 5.56 Å². The molecule has 0 aromatic heterocycles. The zero-order valence-corrected chi connectivity index (χ0v) is 8.28. The largest absolute Gasteiger partial charge is 0.595 e. The average molecular weight is 232 g/mol. The van der Waals surface area contributed by atoms with Crippen molar-refractivity contribution in [3.05, 3.63) is 35.9 Å². The van der Waals surface area contributed by atoms with Crippen molar-refractivity contribution < 1.29 is 22.1 Å². The summed E-state index contributed by atoms with van der Waals surface area (Å²) in [5.41, 5.74) is 0.650. The number of benzene rings is 1. The lowest BCUT2D eigenvalue weighted by molar-refractivity contribution is -0.251. The van der Waals surface area contributed by atoms with Crippen molar-refractivity contribution in [2.24, 2.45) is 4.40 Å². The maximum Gasteiger partial charge on any atom is 0.419 e. The molecule has 0 aliphatic rings. The third kappa shape index (κ3) is 4.96. The smallest absolute Gasteiger partial charge is 0.419 e. The SMILES string of the molecule is O=S(=O)(F)/N=C(/[O-])OCc1ccccc1. The Kier molecular flexibility index (Phi) is 3.62. The second-order valence-electron chi connectivity index (χ2n) is 2.54. The molecule has 0 saturated carbocycles. The zero-order valence-electron chi connectivity index (χ0n) is 7.46. The van der Waals surface area contributed by atoms with Gasteiger partial charge in [-0.05, 0) is 5.56 Å². The molecule has 1 rings (SSSR count). The lowest BCUT2D eigenvalue weighted by Gasteiger charge is -2.12. The van der Waals surface area contributed by atoms with Crippen LogP contribution in [-0.2, 0) is 21.8 Å². The second-order valence-corrected chi connectivity index (χ2v) is 3.55. The van der Waals surface area contributed by atoms with E-state index in [1.54, 1.807) is 30.3 Å². The Labute approximate surface area is 86.2 Å². The van der Waals surface area contributed by atoms with Gasteiger partial charge in [-0.15, -0.1) is 4.40 Å². The van der Waals surface area contributed by atoms with Crippen LogP contribution in [-0.4, -0.2) is 14.5 Å². The van der Waals surface area contributed by atoms with E-state index >= 15 is 0 Å². The molecule has 1 aromatic rings. The van der Waals surface area contributed by atoms with Crippen LogP contribution in [0.4, 0.5) is 3.89 Å². The molecular formula is C8H7FNO4S-. The van der Waals surface area contributed by atoms with Crippen molar-refractivity contribution in [1.82, 2.24) is 0 Å². The van der Waals surface area contributed by atoms with Gasteiger partial charge in [-0.3, -0.25) is 0 Å². The Morgan fingerprint density at radius 3 is 2.53 bits per heavy atom. The Morgan fingerprint density at radius 2 is 2.00 bits per heavy atom. The molecule has 15 heavy (non-hydrogen) atoms. The van der Waals surface area contributed by atoms with Crippen LogP contribution in [0.3, 0.4) is 0 Å². The average Bonchev–Trinajstić information content (AvgIpc) is 2.14. The van der Waals surface area contributed by atoms with E-state index in [2.05, 4.69) is 9.13 Å². The molecule has 0 atom stereocenters. The maximum atomic E-state index is 11.9. The van der Waals surface area contributed by atoms with E-state index in [-0.39, 0.29) is 6.61 Å². The normalized spacial score (nSPS) is 12.5. The molecule has 0 amide bonds. The first-order valence-electron chi connectivity index (χ1n) is 3.85. The summed E-state index contributed by atoms with van der Waals surface area (Å²) in [5.74, 6) is 0. The molecule has 0 bridgehead atoms. The van der Waals surface area contributed by atoms with Crippen molar-refractivity contribution >= 4 is 16.5 Å². The molecule has 0 heterocycles. The van der Waals surface area contributed by atoms with Crippen molar-refractivity contribution in [2.45, 2.75) is 6.61 Å².